The fraction of sp³-hybridized carbons (Fsp3) is 0.591. The number of piperidine rings is 3. The maximum Gasteiger partial charge on any atom is 0.173 e. The summed E-state index contributed by atoms with van der Waals surface area (Å²) in [5.41, 5.74) is 2.68. The van der Waals surface area contributed by atoms with Crippen molar-refractivity contribution in [3.63, 3.8) is 0 Å². The maximum absolute atomic E-state index is 6.02. The van der Waals surface area contributed by atoms with Gasteiger partial charge in [0.15, 0.2) is 5.11 Å². The number of nitrogens with zero attached hydrogens (tertiary/aromatic N) is 2. The van der Waals surface area contributed by atoms with Crippen LogP contribution in [-0.4, -0.2) is 46.6 Å². The molecule has 27 heavy (non-hydrogen) atoms. The molecular formula is C22H28ClN3S. The van der Waals surface area contributed by atoms with Crippen LogP contribution < -0.4 is 5.32 Å². The molecule has 1 aromatic carbocycles. The molecule has 5 rings (SSSR count). The second kappa shape index (κ2) is 7.38. The Labute approximate surface area is 172 Å². The first-order valence-corrected chi connectivity index (χ1v) is 11.3. The van der Waals surface area contributed by atoms with E-state index >= 15 is 0 Å². The number of halogens is 1. The number of nitrogens with one attached hydrogen (secondary N) is 1. The largest absolute Gasteiger partial charge is 0.342 e. The van der Waals surface area contributed by atoms with Gasteiger partial charge in [0.2, 0.25) is 0 Å². The molecule has 3 heterocycles. The summed E-state index contributed by atoms with van der Waals surface area (Å²) in [6, 6.07) is 9.13. The van der Waals surface area contributed by atoms with Gasteiger partial charge in [-0.2, -0.15) is 0 Å². The Morgan fingerprint density at radius 2 is 1.96 bits per heavy atom. The predicted molar refractivity (Wildman–Crippen MR) is 116 cm³/mol. The minimum Gasteiger partial charge on any atom is -0.342 e. The lowest BCUT2D eigenvalue weighted by Gasteiger charge is -2.55. The van der Waals surface area contributed by atoms with E-state index in [9.17, 15) is 0 Å². The highest BCUT2D eigenvalue weighted by atomic mass is 35.5. The molecule has 0 radical (unpaired) electrons. The number of likely N-dealkylation sites (tertiary alicyclic amines) is 1. The van der Waals surface area contributed by atoms with Crippen LogP contribution in [0.1, 0.15) is 38.5 Å². The molecule has 5 heteroatoms. The number of hydrogen-bond acceptors (Lipinski definition) is 2. The van der Waals surface area contributed by atoms with Crippen molar-refractivity contribution in [1.29, 1.82) is 0 Å². The summed E-state index contributed by atoms with van der Waals surface area (Å²) in [6.45, 7) is 3.61. The highest BCUT2D eigenvalue weighted by molar-refractivity contribution is 7.80. The fourth-order valence-corrected chi connectivity index (χ4v) is 6.38. The standard InChI is InChI=1S/C22H28ClN3S/c23-18-6-8-19(9-7-18)24-22(27)26-11-3-4-15-12-16-13-17(21(15)26)14-25-10-2-1-5-20(16)25/h6-9,12,16-17,20-21H,1-5,10-11,13-14H2,(H,24,27). The highest BCUT2D eigenvalue weighted by Gasteiger charge is 2.46. The molecule has 4 unspecified atom stereocenters. The van der Waals surface area contributed by atoms with Crippen LogP contribution in [0.15, 0.2) is 35.9 Å². The summed E-state index contributed by atoms with van der Waals surface area (Å²) >= 11 is 11.9. The van der Waals surface area contributed by atoms with Crippen molar-refractivity contribution < 1.29 is 0 Å². The first-order chi connectivity index (χ1) is 13.2. The molecule has 3 fully saturated rings. The van der Waals surface area contributed by atoms with Gasteiger partial charge in [0, 0.05) is 29.8 Å². The van der Waals surface area contributed by atoms with Gasteiger partial charge in [-0.3, -0.25) is 4.90 Å². The van der Waals surface area contributed by atoms with Gasteiger partial charge in [0.25, 0.3) is 0 Å². The van der Waals surface area contributed by atoms with E-state index in [-0.39, 0.29) is 0 Å². The molecule has 1 N–H and O–H groups in total. The number of anilines is 1. The zero-order chi connectivity index (χ0) is 18.4. The summed E-state index contributed by atoms with van der Waals surface area (Å²) in [4.78, 5) is 5.27. The lowest BCUT2D eigenvalue weighted by atomic mass is 9.68. The smallest absolute Gasteiger partial charge is 0.173 e. The third-order valence-corrected chi connectivity index (χ3v) is 7.60. The van der Waals surface area contributed by atoms with Gasteiger partial charge >= 0.3 is 0 Å². The monoisotopic (exact) mass is 401 g/mol. The number of rotatable bonds is 1. The fourth-order valence-electron chi connectivity index (χ4n) is 5.93. The van der Waals surface area contributed by atoms with Crippen molar-refractivity contribution in [3.8, 4) is 0 Å². The molecule has 0 amide bonds. The van der Waals surface area contributed by atoms with Gasteiger partial charge in [0.05, 0.1) is 6.04 Å². The van der Waals surface area contributed by atoms with E-state index in [1.165, 1.54) is 51.6 Å². The van der Waals surface area contributed by atoms with Crippen LogP contribution in [0, 0.1) is 11.8 Å². The molecule has 4 atom stereocenters. The van der Waals surface area contributed by atoms with Crippen LogP contribution in [0.4, 0.5) is 5.69 Å². The van der Waals surface area contributed by atoms with Crippen molar-refractivity contribution in [3.05, 3.63) is 40.9 Å². The summed E-state index contributed by atoms with van der Waals surface area (Å²) in [5.74, 6) is 1.49. The molecule has 0 spiro atoms. The zero-order valence-corrected chi connectivity index (χ0v) is 17.3. The summed E-state index contributed by atoms with van der Waals surface area (Å²) < 4.78 is 0. The van der Waals surface area contributed by atoms with Crippen LogP contribution in [0.2, 0.25) is 5.02 Å². The third kappa shape index (κ3) is 3.41. The molecule has 1 aliphatic carbocycles. The van der Waals surface area contributed by atoms with Crippen LogP contribution >= 0.6 is 23.8 Å². The molecule has 1 aromatic rings. The van der Waals surface area contributed by atoms with E-state index in [4.69, 9.17) is 23.8 Å². The lowest BCUT2D eigenvalue weighted by Crippen LogP contribution is -2.60. The third-order valence-electron chi connectivity index (χ3n) is 7.01. The van der Waals surface area contributed by atoms with Crippen molar-refractivity contribution >= 4 is 34.6 Å². The first-order valence-electron chi connectivity index (χ1n) is 10.5. The quantitative estimate of drug-likeness (QED) is 0.530. The van der Waals surface area contributed by atoms with Crippen LogP contribution in [-0.2, 0) is 0 Å². The molecule has 4 aliphatic rings. The van der Waals surface area contributed by atoms with Crippen molar-refractivity contribution in [1.82, 2.24) is 9.80 Å². The molecular weight excluding hydrogens is 374 g/mol. The Balaban J connectivity index is 1.38. The van der Waals surface area contributed by atoms with Crippen LogP contribution in [0.25, 0.3) is 0 Å². The average Bonchev–Trinajstić information content (AvgIpc) is 2.69. The molecule has 2 bridgehead atoms. The number of benzene rings is 1. The van der Waals surface area contributed by atoms with Crippen molar-refractivity contribution in [2.24, 2.45) is 11.8 Å². The summed E-state index contributed by atoms with van der Waals surface area (Å²) in [6.07, 6.45) is 10.6. The van der Waals surface area contributed by atoms with Gasteiger partial charge < -0.3 is 10.2 Å². The van der Waals surface area contributed by atoms with Gasteiger partial charge in [-0.1, -0.05) is 29.7 Å². The minimum atomic E-state index is 0.491. The molecule has 144 valence electrons. The Kier molecular flexibility index (Phi) is 4.91. The molecule has 3 saturated heterocycles. The zero-order valence-electron chi connectivity index (χ0n) is 15.7. The van der Waals surface area contributed by atoms with Crippen LogP contribution in [0.3, 0.4) is 0 Å². The maximum atomic E-state index is 6.02. The normalized spacial score (nSPS) is 32.9. The van der Waals surface area contributed by atoms with E-state index in [1.54, 1.807) is 5.57 Å². The van der Waals surface area contributed by atoms with Crippen LogP contribution in [0.5, 0.6) is 0 Å². The topological polar surface area (TPSA) is 18.5 Å². The van der Waals surface area contributed by atoms with E-state index in [0.717, 1.165) is 40.2 Å². The number of fused-ring (bicyclic) bond motifs is 6. The average molecular weight is 402 g/mol. The number of thiocarbonyl (C=S) groups is 1. The van der Waals surface area contributed by atoms with E-state index < -0.39 is 0 Å². The Morgan fingerprint density at radius 3 is 2.81 bits per heavy atom. The minimum absolute atomic E-state index is 0.491. The first kappa shape index (κ1) is 18.0. The van der Waals surface area contributed by atoms with E-state index in [1.807, 2.05) is 24.3 Å². The van der Waals surface area contributed by atoms with E-state index in [2.05, 4.69) is 21.2 Å². The van der Waals surface area contributed by atoms with Gasteiger partial charge in [-0.25, -0.2) is 0 Å². The summed E-state index contributed by atoms with van der Waals surface area (Å²) in [7, 11) is 0. The van der Waals surface area contributed by atoms with Crippen molar-refractivity contribution in [2.45, 2.75) is 50.6 Å². The van der Waals surface area contributed by atoms with Gasteiger partial charge in [-0.15, -0.1) is 0 Å². The summed E-state index contributed by atoms with van der Waals surface area (Å²) in [5, 5.41) is 5.08. The second-order valence-electron chi connectivity index (χ2n) is 8.64. The number of hydrogen-bond donors (Lipinski definition) is 1. The lowest BCUT2D eigenvalue weighted by molar-refractivity contribution is 0.0132. The highest BCUT2D eigenvalue weighted by Crippen LogP contribution is 2.45. The Hall–Kier alpha value is -1.10. The molecule has 0 saturated carbocycles. The molecule has 3 aliphatic heterocycles. The SMILES string of the molecule is S=C(Nc1ccc(Cl)cc1)N1CCCC2=CC3CC(CN4CCCCC34)C21. The van der Waals surface area contributed by atoms with Gasteiger partial charge in [-0.05, 0) is 87.0 Å². The van der Waals surface area contributed by atoms with Crippen molar-refractivity contribution in [2.75, 3.05) is 25.0 Å². The van der Waals surface area contributed by atoms with E-state index in [0.29, 0.717) is 6.04 Å². The van der Waals surface area contributed by atoms with Gasteiger partial charge in [0.1, 0.15) is 0 Å². The Morgan fingerprint density at radius 1 is 1.11 bits per heavy atom. The second-order valence-corrected chi connectivity index (χ2v) is 9.46. The molecule has 0 aromatic heterocycles. The Bertz CT molecular complexity index is 746. The molecule has 3 nitrogen and oxygen atoms in total. The predicted octanol–water partition coefficient (Wildman–Crippen LogP) is 4.93.